The van der Waals surface area contributed by atoms with E-state index in [1.54, 1.807) is 0 Å². The van der Waals surface area contributed by atoms with Crippen LogP contribution in [0.4, 0.5) is 0 Å². The van der Waals surface area contributed by atoms with Crippen LogP contribution in [0.3, 0.4) is 0 Å². The summed E-state index contributed by atoms with van der Waals surface area (Å²) in [6.45, 7) is 10.4. The first-order chi connectivity index (χ1) is 10.7. The van der Waals surface area contributed by atoms with Crippen LogP contribution in [0, 0.1) is 6.92 Å². The van der Waals surface area contributed by atoms with Gasteiger partial charge in [-0.3, -0.25) is 4.90 Å². The summed E-state index contributed by atoms with van der Waals surface area (Å²) < 4.78 is 16.9. The van der Waals surface area contributed by atoms with Crippen molar-refractivity contribution in [2.45, 2.75) is 44.9 Å². The van der Waals surface area contributed by atoms with Crippen molar-refractivity contribution in [3.05, 3.63) is 23.7 Å². The van der Waals surface area contributed by atoms with Crippen molar-refractivity contribution < 1.29 is 13.9 Å². The fourth-order valence-corrected chi connectivity index (χ4v) is 3.69. The Morgan fingerprint density at radius 3 is 2.73 bits per heavy atom. The molecule has 0 unspecified atom stereocenters. The number of morpholine rings is 1. The summed E-state index contributed by atoms with van der Waals surface area (Å²) in [4.78, 5) is 2.59. The Hall–Kier alpha value is -0.880. The highest BCUT2D eigenvalue weighted by atomic mass is 16.5. The SMILES string of the molecule is CCOC1CC(CNCc2ccc(C)o2)(N2CCOCC2)C1. The van der Waals surface area contributed by atoms with E-state index in [0.29, 0.717) is 6.10 Å². The Morgan fingerprint density at radius 1 is 1.32 bits per heavy atom. The van der Waals surface area contributed by atoms with Gasteiger partial charge in [0.1, 0.15) is 11.5 Å². The lowest BCUT2D eigenvalue weighted by Gasteiger charge is -2.55. The molecule has 2 heterocycles. The third-order valence-electron chi connectivity index (χ3n) is 4.85. The second kappa shape index (κ2) is 7.13. The van der Waals surface area contributed by atoms with Gasteiger partial charge in [-0.1, -0.05) is 0 Å². The summed E-state index contributed by atoms with van der Waals surface area (Å²) in [5.41, 5.74) is 0.227. The molecule has 0 radical (unpaired) electrons. The van der Waals surface area contributed by atoms with E-state index in [0.717, 1.165) is 70.4 Å². The molecule has 0 spiro atoms. The van der Waals surface area contributed by atoms with Crippen LogP contribution in [-0.4, -0.2) is 56.0 Å². The van der Waals surface area contributed by atoms with Crippen molar-refractivity contribution in [1.29, 1.82) is 0 Å². The molecule has 1 saturated heterocycles. The Bertz CT molecular complexity index is 462. The number of rotatable bonds is 7. The number of ether oxygens (including phenoxy) is 2. The monoisotopic (exact) mass is 308 g/mol. The van der Waals surface area contributed by atoms with E-state index in [1.807, 2.05) is 19.1 Å². The number of hydrogen-bond acceptors (Lipinski definition) is 5. The normalized spacial score (nSPS) is 29.5. The zero-order chi connectivity index (χ0) is 15.4. The van der Waals surface area contributed by atoms with Crippen molar-refractivity contribution in [2.24, 2.45) is 0 Å². The molecule has 1 aliphatic carbocycles. The maximum Gasteiger partial charge on any atom is 0.117 e. The van der Waals surface area contributed by atoms with Gasteiger partial charge in [-0.15, -0.1) is 0 Å². The van der Waals surface area contributed by atoms with Gasteiger partial charge in [-0.2, -0.15) is 0 Å². The fraction of sp³-hybridized carbons (Fsp3) is 0.765. The van der Waals surface area contributed by atoms with Crippen molar-refractivity contribution in [1.82, 2.24) is 10.2 Å². The molecule has 1 aromatic rings. The van der Waals surface area contributed by atoms with Crippen LogP contribution >= 0.6 is 0 Å². The minimum absolute atomic E-state index is 0.227. The third kappa shape index (κ3) is 3.54. The quantitative estimate of drug-likeness (QED) is 0.834. The average Bonchev–Trinajstić information content (AvgIpc) is 2.91. The van der Waals surface area contributed by atoms with E-state index in [-0.39, 0.29) is 5.54 Å². The molecule has 5 heteroatoms. The van der Waals surface area contributed by atoms with Gasteiger partial charge in [-0.05, 0) is 38.8 Å². The van der Waals surface area contributed by atoms with Gasteiger partial charge in [0.2, 0.25) is 0 Å². The van der Waals surface area contributed by atoms with Crippen molar-refractivity contribution >= 4 is 0 Å². The van der Waals surface area contributed by atoms with Gasteiger partial charge in [0.05, 0.1) is 25.9 Å². The molecular formula is C17H28N2O3. The van der Waals surface area contributed by atoms with E-state index < -0.39 is 0 Å². The molecule has 1 N–H and O–H groups in total. The van der Waals surface area contributed by atoms with Crippen LogP contribution < -0.4 is 5.32 Å². The zero-order valence-corrected chi connectivity index (χ0v) is 13.8. The van der Waals surface area contributed by atoms with Crippen LogP contribution in [0.15, 0.2) is 16.5 Å². The second-order valence-corrected chi connectivity index (χ2v) is 6.43. The molecule has 2 aliphatic rings. The van der Waals surface area contributed by atoms with Crippen molar-refractivity contribution in [3.63, 3.8) is 0 Å². The Morgan fingerprint density at radius 2 is 2.09 bits per heavy atom. The van der Waals surface area contributed by atoms with E-state index >= 15 is 0 Å². The molecule has 3 rings (SSSR count). The largest absolute Gasteiger partial charge is 0.465 e. The molecule has 0 amide bonds. The number of nitrogens with zero attached hydrogens (tertiary/aromatic N) is 1. The predicted molar refractivity (Wildman–Crippen MR) is 84.9 cm³/mol. The summed E-state index contributed by atoms with van der Waals surface area (Å²) in [5.74, 6) is 1.98. The van der Waals surface area contributed by atoms with E-state index in [1.165, 1.54) is 0 Å². The lowest BCUT2D eigenvalue weighted by atomic mass is 9.72. The average molecular weight is 308 g/mol. The fourth-order valence-electron chi connectivity index (χ4n) is 3.69. The van der Waals surface area contributed by atoms with Crippen LogP contribution in [0.25, 0.3) is 0 Å². The lowest BCUT2D eigenvalue weighted by Crippen LogP contribution is -2.66. The summed E-state index contributed by atoms with van der Waals surface area (Å²) in [6.07, 6.45) is 2.65. The zero-order valence-electron chi connectivity index (χ0n) is 13.8. The Kier molecular flexibility index (Phi) is 5.18. The van der Waals surface area contributed by atoms with Gasteiger partial charge in [0.15, 0.2) is 0 Å². The number of nitrogens with one attached hydrogen (secondary N) is 1. The summed E-state index contributed by atoms with van der Waals surface area (Å²) in [7, 11) is 0. The first-order valence-corrected chi connectivity index (χ1v) is 8.42. The molecule has 22 heavy (non-hydrogen) atoms. The van der Waals surface area contributed by atoms with Crippen LogP contribution in [0.2, 0.25) is 0 Å². The van der Waals surface area contributed by atoms with E-state index in [2.05, 4.69) is 17.1 Å². The minimum atomic E-state index is 0.227. The molecule has 0 aromatic carbocycles. The summed E-state index contributed by atoms with van der Waals surface area (Å²) in [5, 5.41) is 3.59. The van der Waals surface area contributed by atoms with Crippen molar-refractivity contribution in [3.8, 4) is 0 Å². The highest BCUT2D eigenvalue weighted by molar-refractivity contribution is 5.08. The van der Waals surface area contributed by atoms with Gasteiger partial charge in [0.25, 0.3) is 0 Å². The topological polar surface area (TPSA) is 46.9 Å². The van der Waals surface area contributed by atoms with Crippen LogP contribution in [-0.2, 0) is 16.0 Å². The molecule has 1 aromatic heterocycles. The third-order valence-corrected chi connectivity index (χ3v) is 4.85. The van der Waals surface area contributed by atoms with Gasteiger partial charge >= 0.3 is 0 Å². The first-order valence-electron chi connectivity index (χ1n) is 8.42. The molecule has 2 fully saturated rings. The molecule has 1 aliphatic heterocycles. The molecule has 124 valence electrons. The standard InChI is InChI=1S/C17H28N2O3/c1-3-21-16-10-17(11-16,19-6-8-20-9-7-19)13-18-12-15-5-4-14(2)22-15/h4-5,16,18H,3,6-13H2,1-2H3. The van der Waals surface area contributed by atoms with E-state index in [4.69, 9.17) is 13.9 Å². The van der Waals surface area contributed by atoms with Crippen molar-refractivity contribution in [2.75, 3.05) is 39.5 Å². The Balaban J connectivity index is 1.54. The first kappa shape index (κ1) is 16.0. The van der Waals surface area contributed by atoms with Gasteiger partial charge in [-0.25, -0.2) is 0 Å². The van der Waals surface area contributed by atoms with Crippen LogP contribution in [0.1, 0.15) is 31.3 Å². The number of hydrogen-bond donors (Lipinski definition) is 1. The maximum atomic E-state index is 5.79. The highest BCUT2D eigenvalue weighted by Gasteiger charge is 2.48. The summed E-state index contributed by atoms with van der Waals surface area (Å²) >= 11 is 0. The molecule has 0 bridgehead atoms. The second-order valence-electron chi connectivity index (χ2n) is 6.43. The minimum Gasteiger partial charge on any atom is -0.465 e. The number of furan rings is 1. The molecular weight excluding hydrogens is 280 g/mol. The van der Waals surface area contributed by atoms with Crippen LogP contribution in [0.5, 0.6) is 0 Å². The van der Waals surface area contributed by atoms with Gasteiger partial charge < -0.3 is 19.2 Å². The highest BCUT2D eigenvalue weighted by Crippen LogP contribution is 2.40. The maximum absolute atomic E-state index is 5.79. The molecule has 5 nitrogen and oxygen atoms in total. The predicted octanol–water partition coefficient (Wildman–Crippen LogP) is 1.95. The lowest BCUT2D eigenvalue weighted by molar-refractivity contribution is -0.125. The Labute approximate surface area is 132 Å². The number of aryl methyl sites for hydroxylation is 1. The smallest absolute Gasteiger partial charge is 0.117 e. The van der Waals surface area contributed by atoms with Gasteiger partial charge in [0, 0.05) is 31.8 Å². The molecule has 1 saturated carbocycles. The summed E-state index contributed by atoms with van der Waals surface area (Å²) in [6, 6.07) is 4.07. The van der Waals surface area contributed by atoms with E-state index in [9.17, 15) is 0 Å². The molecule has 0 atom stereocenters.